The molecule has 2 aromatic carbocycles. The highest BCUT2D eigenvalue weighted by Crippen LogP contribution is 2.29. The van der Waals surface area contributed by atoms with Crippen molar-refractivity contribution in [3.63, 3.8) is 0 Å². The van der Waals surface area contributed by atoms with E-state index < -0.39 is 0 Å². The van der Waals surface area contributed by atoms with Crippen molar-refractivity contribution in [1.29, 1.82) is 0 Å². The van der Waals surface area contributed by atoms with Crippen LogP contribution in [0.15, 0.2) is 36.4 Å². The molecule has 2 aromatic rings. The molecule has 0 aromatic heterocycles. The van der Waals surface area contributed by atoms with Crippen LogP contribution in [0, 0.1) is 5.82 Å². The molecule has 2 N–H and O–H groups in total. The molecule has 29 heavy (non-hydrogen) atoms. The van der Waals surface area contributed by atoms with Crippen molar-refractivity contribution >= 4 is 17.5 Å². The molecule has 2 amide bonds. The van der Waals surface area contributed by atoms with Crippen LogP contribution < -0.4 is 10.6 Å². The summed E-state index contributed by atoms with van der Waals surface area (Å²) in [6.07, 6.45) is 0. The first-order valence-corrected chi connectivity index (χ1v) is 9.78. The molecular weight excluding hydrogens is 367 g/mol. The Kier molecular flexibility index (Phi) is 6.51. The van der Waals surface area contributed by atoms with E-state index in [0.29, 0.717) is 17.7 Å². The van der Waals surface area contributed by atoms with E-state index in [1.54, 1.807) is 6.07 Å². The molecular formula is C24H31FN2O2. The number of carbonyl (C=O) groups is 2. The van der Waals surface area contributed by atoms with Gasteiger partial charge in [0.1, 0.15) is 5.82 Å². The Hall–Kier alpha value is -2.69. The predicted molar refractivity (Wildman–Crippen MR) is 116 cm³/mol. The van der Waals surface area contributed by atoms with Crippen molar-refractivity contribution < 1.29 is 14.0 Å². The van der Waals surface area contributed by atoms with Crippen LogP contribution in [0.25, 0.3) is 0 Å². The van der Waals surface area contributed by atoms with E-state index in [4.69, 9.17) is 0 Å². The molecule has 2 rings (SSSR count). The van der Waals surface area contributed by atoms with E-state index in [-0.39, 0.29) is 28.5 Å². The number of halogens is 1. The van der Waals surface area contributed by atoms with Gasteiger partial charge in [-0.1, -0.05) is 47.6 Å². The maximum absolute atomic E-state index is 14.1. The first-order valence-electron chi connectivity index (χ1n) is 9.78. The minimum atomic E-state index is -0.390. The fourth-order valence-corrected chi connectivity index (χ4v) is 3.23. The lowest BCUT2D eigenvalue weighted by atomic mass is 9.83. The largest absolute Gasteiger partial charge is 0.348 e. The summed E-state index contributed by atoms with van der Waals surface area (Å²) in [7, 11) is 0. The molecule has 0 fully saturated rings. The van der Waals surface area contributed by atoms with Crippen LogP contribution in [-0.4, -0.2) is 11.8 Å². The molecule has 0 unspecified atom stereocenters. The third-order valence-corrected chi connectivity index (χ3v) is 4.71. The van der Waals surface area contributed by atoms with Crippen LogP contribution in [0.1, 0.15) is 75.5 Å². The van der Waals surface area contributed by atoms with Gasteiger partial charge in [0, 0.05) is 24.7 Å². The SMILES string of the molecule is CC(=O)Nc1ccc(CNC(=O)c2ccc(F)c(C(C)(C)C)c2)c(C(C)(C)C)c1. The van der Waals surface area contributed by atoms with E-state index in [0.717, 1.165) is 16.8 Å². The van der Waals surface area contributed by atoms with Crippen LogP contribution in [0.4, 0.5) is 10.1 Å². The van der Waals surface area contributed by atoms with Crippen molar-refractivity contribution in [2.24, 2.45) is 0 Å². The number of nitrogens with one attached hydrogen (secondary N) is 2. The van der Waals surface area contributed by atoms with E-state index >= 15 is 0 Å². The monoisotopic (exact) mass is 398 g/mol. The van der Waals surface area contributed by atoms with E-state index in [1.807, 2.05) is 39.0 Å². The second-order valence-electron chi connectivity index (χ2n) is 9.43. The second-order valence-corrected chi connectivity index (χ2v) is 9.43. The number of hydrogen-bond donors (Lipinski definition) is 2. The van der Waals surface area contributed by atoms with Gasteiger partial charge in [-0.05, 0) is 57.9 Å². The lowest BCUT2D eigenvalue weighted by Crippen LogP contribution is -2.26. The molecule has 5 heteroatoms. The van der Waals surface area contributed by atoms with Gasteiger partial charge in [0.2, 0.25) is 5.91 Å². The molecule has 0 aliphatic heterocycles. The fraction of sp³-hybridized carbons (Fsp3) is 0.417. The third-order valence-electron chi connectivity index (χ3n) is 4.71. The zero-order chi connectivity index (χ0) is 22.0. The van der Waals surface area contributed by atoms with Gasteiger partial charge in [0.15, 0.2) is 0 Å². The van der Waals surface area contributed by atoms with Gasteiger partial charge < -0.3 is 10.6 Å². The maximum atomic E-state index is 14.1. The Bertz CT molecular complexity index is 921. The summed E-state index contributed by atoms with van der Waals surface area (Å²) < 4.78 is 14.1. The minimum Gasteiger partial charge on any atom is -0.348 e. The second kappa shape index (κ2) is 8.36. The van der Waals surface area contributed by atoms with Crippen molar-refractivity contribution in [3.05, 3.63) is 64.5 Å². The van der Waals surface area contributed by atoms with Crippen molar-refractivity contribution in [1.82, 2.24) is 5.32 Å². The number of benzene rings is 2. The molecule has 0 aliphatic rings. The van der Waals surface area contributed by atoms with E-state index in [1.165, 1.54) is 19.1 Å². The molecule has 0 spiro atoms. The molecule has 0 saturated carbocycles. The molecule has 0 aliphatic carbocycles. The van der Waals surface area contributed by atoms with Crippen LogP contribution in [0.2, 0.25) is 0 Å². The number of rotatable bonds is 4. The number of carbonyl (C=O) groups excluding carboxylic acids is 2. The Morgan fingerprint density at radius 3 is 2.07 bits per heavy atom. The predicted octanol–water partition coefficient (Wildman–Crippen LogP) is 5.31. The fourth-order valence-electron chi connectivity index (χ4n) is 3.23. The standard InChI is InChI=1S/C24H31FN2O2/c1-15(28)27-18-10-8-17(19(13-18)23(2,3)4)14-26-22(29)16-9-11-21(25)20(12-16)24(5,6)7/h8-13H,14H2,1-7H3,(H,26,29)(H,27,28). The average molecular weight is 399 g/mol. The maximum Gasteiger partial charge on any atom is 0.251 e. The van der Waals surface area contributed by atoms with Crippen LogP contribution in [-0.2, 0) is 22.2 Å². The number of anilines is 1. The summed E-state index contributed by atoms with van der Waals surface area (Å²) >= 11 is 0. The highest BCUT2D eigenvalue weighted by molar-refractivity contribution is 5.94. The van der Waals surface area contributed by atoms with Crippen molar-refractivity contribution in [2.45, 2.75) is 65.8 Å². The van der Waals surface area contributed by atoms with Crippen molar-refractivity contribution in [2.75, 3.05) is 5.32 Å². The topological polar surface area (TPSA) is 58.2 Å². The van der Waals surface area contributed by atoms with Gasteiger partial charge in [-0.2, -0.15) is 0 Å². The first kappa shape index (κ1) is 22.6. The summed E-state index contributed by atoms with van der Waals surface area (Å²) in [5.41, 5.74) is 3.13. The summed E-state index contributed by atoms with van der Waals surface area (Å²) in [6.45, 7) is 13.8. The van der Waals surface area contributed by atoms with Crippen molar-refractivity contribution in [3.8, 4) is 0 Å². The Labute approximate surface area is 172 Å². The van der Waals surface area contributed by atoms with Crippen LogP contribution >= 0.6 is 0 Å². The quantitative estimate of drug-likeness (QED) is 0.733. The third kappa shape index (κ3) is 5.89. The smallest absolute Gasteiger partial charge is 0.251 e. The minimum absolute atomic E-state index is 0.128. The first-order chi connectivity index (χ1) is 13.3. The van der Waals surface area contributed by atoms with Gasteiger partial charge in [0.25, 0.3) is 5.91 Å². The summed E-state index contributed by atoms with van der Waals surface area (Å²) in [5, 5.41) is 5.74. The average Bonchev–Trinajstić information content (AvgIpc) is 2.58. The normalized spacial score (nSPS) is 11.9. The van der Waals surface area contributed by atoms with Crippen LogP contribution in [0.5, 0.6) is 0 Å². The van der Waals surface area contributed by atoms with Gasteiger partial charge in [-0.25, -0.2) is 4.39 Å². The van der Waals surface area contributed by atoms with Gasteiger partial charge in [0.05, 0.1) is 0 Å². The molecule has 4 nitrogen and oxygen atoms in total. The molecule has 0 saturated heterocycles. The Morgan fingerprint density at radius 2 is 1.52 bits per heavy atom. The highest BCUT2D eigenvalue weighted by atomic mass is 19.1. The van der Waals surface area contributed by atoms with Gasteiger partial charge >= 0.3 is 0 Å². The van der Waals surface area contributed by atoms with Gasteiger partial charge in [-0.15, -0.1) is 0 Å². The zero-order valence-corrected chi connectivity index (χ0v) is 18.4. The summed E-state index contributed by atoms with van der Waals surface area (Å²) in [6, 6.07) is 10.2. The molecule has 0 atom stereocenters. The summed E-state index contributed by atoms with van der Waals surface area (Å²) in [5.74, 6) is -0.684. The van der Waals surface area contributed by atoms with E-state index in [9.17, 15) is 14.0 Å². The van der Waals surface area contributed by atoms with E-state index in [2.05, 4.69) is 31.4 Å². The molecule has 0 radical (unpaired) electrons. The highest BCUT2D eigenvalue weighted by Gasteiger charge is 2.22. The molecule has 0 heterocycles. The zero-order valence-electron chi connectivity index (χ0n) is 18.4. The Morgan fingerprint density at radius 1 is 0.897 bits per heavy atom. The summed E-state index contributed by atoms with van der Waals surface area (Å²) in [4.78, 5) is 24.0. The lowest BCUT2D eigenvalue weighted by molar-refractivity contribution is -0.114. The molecule has 0 bridgehead atoms. The van der Waals surface area contributed by atoms with Crippen LogP contribution in [0.3, 0.4) is 0 Å². The number of amides is 2. The number of hydrogen-bond acceptors (Lipinski definition) is 2. The van der Waals surface area contributed by atoms with Gasteiger partial charge in [-0.3, -0.25) is 9.59 Å². The Balaban J connectivity index is 2.25. The lowest BCUT2D eigenvalue weighted by Gasteiger charge is -2.24. The molecule has 156 valence electrons.